The van der Waals surface area contributed by atoms with Gasteiger partial charge in [-0.05, 0) is 46.0 Å². The second-order valence-electron chi connectivity index (χ2n) is 5.37. The Balaban J connectivity index is 2.48. The van der Waals surface area contributed by atoms with Gasteiger partial charge < -0.3 is 15.5 Å². The van der Waals surface area contributed by atoms with Crippen molar-refractivity contribution in [3.05, 3.63) is 35.9 Å². The van der Waals surface area contributed by atoms with E-state index in [0.717, 1.165) is 31.6 Å². The largest absolute Gasteiger partial charge is 0.342 e. The molecule has 0 spiro atoms. The van der Waals surface area contributed by atoms with Crippen LogP contribution in [0.2, 0.25) is 0 Å². The zero-order valence-electron chi connectivity index (χ0n) is 12.9. The average Bonchev–Trinajstić information content (AvgIpc) is 2.43. The lowest BCUT2D eigenvalue weighted by molar-refractivity contribution is -0.132. The summed E-state index contributed by atoms with van der Waals surface area (Å²) >= 11 is 0. The second kappa shape index (κ2) is 8.72. The van der Waals surface area contributed by atoms with Crippen molar-refractivity contribution in [3.63, 3.8) is 0 Å². The second-order valence-corrected chi connectivity index (χ2v) is 5.37. The Kier molecular flexibility index (Phi) is 7.26. The SMILES string of the molecule is CCN(CCCN(C)C)C(=O)[C@H](N)Cc1ccccc1. The first-order valence-electron chi connectivity index (χ1n) is 7.27. The molecule has 1 rings (SSSR count). The van der Waals surface area contributed by atoms with Gasteiger partial charge in [0.15, 0.2) is 0 Å². The highest BCUT2D eigenvalue weighted by molar-refractivity contribution is 5.81. The van der Waals surface area contributed by atoms with Crippen LogP contribution < -0.4 is 5.73 Å². The standard InChI is InChI=1S/C16H27N3O/c1-4-19(12-8-11-18(2)3)16(20)15(17)13-14-9-6-5-7-10-14/h5-7,9-10,15H,4,8,11-13,17H2,1-3H3/t15-/m1/s1. The van der Waals surface area contributed by atoms with Crippen molar-refractivity contribution >= 4 is 5.91 Å². The predicted octanol–water partition coefficient (Wildman–Crippen LogP) is 1.36. The first kappa shape index (κ1) is 16.7. The number of likely N-dealkylation sites (N-methyl/N-ethyl adjacent to an activating group) is 1. The van der Waals surface area contributed by atoms with Gasteiger partial charge in [-0.15, -0.1) is 0 Å². The molecule has 1 aromatic carbocycles. The van der Waals surface area contributed by atoms with Crippen molar-refractivity contribution in [1.82, 2.24) is 9.80 Å². The fourth-order valence-electron chi connectivity index (χ4n) is 2.19. The third-order valence-corrected chi connectivity index (χ3v) is 3.34. The molecule has 0 unspecified atom stereocenters. The molecule has 2 N–H and O–H groups in total. The van der Waals surface area contributed by atoms with E-state index in [1.165, 1.54) is 0 Å². The summed E-state index contributed by atoms with van der Waals surface area (Å²) in [7, 11) is 4.08. The van der Waals surface area contributed by atoms with E-state index in [9.17, 15) is 4.79 Å². The number of carbonyl (C=O) groups is 1. The Bertz CT molecular complexity index is 392. The van der Waals surface area contributed by atoms with Crippen molar-refractivity contribution < 1.29 is 4.79 Å². The van der Waals surface area contributed by atoms with Crippen molar-refractivity contribution in [1.29, 1.82) is 0 Å². The molecule has 0 aliphatic heterocycles. The van der Waals surface area contributed by atoms with Crippen molar-refractivity contribution in [3.8, 4) is 0 Å². The molecule has 0 aliphatic carbocycles. The Morgan fingerprint density at radius 2 is 1.85 bits per heavy atom. The van der Waals surface area contributed by atoms with Crippen molar-refractivity contribution in [2.45, 2.75) is 25.8 Å². The van der Waals surface area contributed by atoms with Crippen LogP contribution in [-0.2, 0) is 11.2 Å². The molecule has 4 heteroatoms. The molecule has 4 nitrogen and oxygen atoms in total. The smallest absolute Gasteiger partial charge is 0.239 e. The maximum absolute atomic E-state index is 12.3. The summed E-state index contributed by atoms with van der Waals surface area (Å²) in [6.07, 6.45) is 1.58. The number of nitrogens with two attached hydrogens (primary N) is 1. The van der Waals surface area contributed by atoms with E-state index in [4.69, 9.17) is 5.73 Å². The molecule has 0 radical (unpaired) electrons. The molecule has 0 saturated heterocycles. The summed E-state index contributed by atoms with van der Waals surface area (Å²) in [5.41, 5.74) is 7.16. The minimum absolute atomic E-state index is 0.0510. The number of nitrogens with zero attached hydrogens (tertiary/aromatic N) is 2. The summed E-state index contributed by atoms with van der Waals surface area (Å²) in [5, 5.41) is 0. The van der Waals surface area contributed by atoms with Crippen LogP contribution in [0, 0.1) is 0 Å². The molecule has 1 aromatic rings. The highest BCUT2D eigenvalue weighted by atomic mass is 16.2. The van der Waals surface area contributed by atoms with Crippen LogP contribution in [0.3, 0.4) is 0 Å². The summed E-state index contributed by atoms with van der Waals surface area (Å²) < 4.78 is 0. The van der Waals surface area contributed by atoms with Gasteiger partial charge in [-0.25, -0.2) is 0 Å². The maximum atomic E-state index is 12.3. The van der Waals surface area contributed by atoms with Gasteiger partial charge in [-0.3, -0.25) is 4.79 Å². The third kappa shape index (κ3) is 5.72. The topological polar surface area (TPSA) is 49.6 Å². The molecule has 0 fully saturated rings. The Morgan fingerprint density at radius 3 is 2.40 bits per heavy atom. The molecule has 0 aliphatic rings. The lowest BCUT2D eigenvalue weighted by atomic mass is 10.1. The van der Waals surface area contributed by atoms with E-state index >= 15 is 0 Å². The van der Waals surface area contributed by atoms with Gasteiger partial charge in [0.1, 0.15) is 0 Å². The normalized spacial score (nSPS) is 12.4. The molecule has 112 valence electrons. The highest BCUT2D eigenvalue weighted by Crippen LogP contribution is 2.05. The lowest BCUT2D eigenvalue weighted by Gasteiger charge is -2.25. The maximum Gasteiger partial charge on any atom is 0.239 e. The third-order valence-electron chi connectivity index (χ3n) is 3.34. The monoisotopic (exact) mass is 277 g/mol. The summed E-state index contributed by atoms with van der Waals surface area (Å²) in [6, 6.07) is 9.49. The molecule has 0 heterocycles. The summed E-state index contributed by atoms with van der Waals surface area (Å²) in [4.78, 5) is 16.3. The predicted molar refractivity (Wildman–Crippen MR) is 83.5 cm³/mol. The molecule has 1 amide bonds. The lowest BCUT2D eigenvalue weighted by Crippen LogP contribution is -2.45. The minimum Gasteiger partial charge on any atom is -0.342 e. The fraction of sp³-hybridized carbons (Fsp3) is 0.562. The molecule has 1 atom stereocenters. The Labute approximate surface area is 122 Å². The molecule has 0 aromatic heterocycles. The molecular weight excluding hydrogens is 250 g/mol. The van der Waals surface area contributed by atoms with Crippen LogP contribution in [0.4, 0.5) is 0 Å². The average molecular weight is 277 g/mol. The van der Waals surface area contributed by atoms with Gasteiger partial charge in [-0.1, -0.05) is 30.3 Å². The fourth-order valence-corrected chi connectivity index (χ4v) is 2.19. The van der Waals surface area contributed by atoms with Crippen LogP contribution >= 0.6 is 0 Å². The van der Waals surface area contributed by atoms with Gasteiger partial charge in [-0.2, -0.15) is 0 Å². The highest BCUT2D eigenvalue weighted by Gasteiger charge is 2.19. The number of hydrogen-bond donors (Lipinski definition) is 1. The van der Waals surface area contributed by atoms with Gasteiger partial charge in [0.25, 0.3) is 0 Å². The molecular formula is C16H27N3O. The molecule has 0 saturated carbocycles. The van der Waals surface area contributed by atoms with Crippen LogP contribution in [0.15, 0.2) is 30.3 Å². The van der Waals surface area contributed by atoms with Crippen LogP contribution in [0.25, 0.3) is 0 Å². The Morgan fingerprint density at radius 1 is 1.20 bits per heavy atom. The number of amides is 1. The summed E-state index contributed by atoms with van der Waals surface area (Å²) in [5.74, 6) is 0.0510. The zero-order valence-corrected chi connectivity index (χ0v) is 12.9. The van der Waals surface area contributed by atoms with E-state index < -0.39 is 6.04 Å². The Hall–Kier alpha value is -1.39. The van der Waals surface area contributed by atoms with Gasteiger partial charge in [0.2, 0.25) is 5.91 Å². The number of benzene rings is 1. The van der Waals surface area contributed by atoms with Crippen LogP contribution in [-0.4, -0.2) is 55.5 Å². The first-order valence-corrected chi connectivity index (χ1v) is 7.27. The van der Waals surface area contributed by atoms with E-state index in [2.05, 4.69) is 4.90 Å². The van der Waals surface area contributed by atoms with Crippen molar-refractivity contribution in [2.75, 3.05) is 33.7 Å². The first-order chi connectivity index (χ1) is 9.54. The van der Waals surface area contributed by atoms with Crippen molar-refractivity contribution in [2.24, 2.45) is 5.73 Å². The van der Waals surface area contributed by atoms with E-state index in [0.29, 0.717) is 6.42 Å². The number of rotatable bonds is 8. The molecule has 0 bridgehead atoms. The van der Waals surface area contributed by atoms with E-state index in [1.807, 2.05) is 56.3 Å². The van der Waals surface area contributed by atoms with Gasteiger partial charge in [0, 0.05) is 13.1 Å². The van der Waals surface area contributed by atoms with E-state index in [-0.39, 0.29) is 5.91 Å². The van der Waals surface area contributed by atoms with Gasteiger partial charge >= 0.3 is 0 Å². The molecule has 20 heavy (non-hydrogen) atoms. The quantitative estimate of drug-likeness (QED) is 0.780. The van der Waals surface area contributed by atoms with Crippen LogP contribution in [0.1, 0.15) is 18.9 Å². The minimum atomic E-state index is -0.447. The van der Waals surface area contributed by atoms with E-state index in [1.54, 1.807) is 0 Å². The number of hydrogen-bond acceptors (Lipinski definition) is 3. The van der Waals surface area contributed by atoms with Gasteiger partial charge in [0.05, 0.1) is 6.04 Å². The zero-order chi connectivity index (χ0) is 15.0. The summed E-state index contributed by atoms with van der Waals surface area (Å²) in [6.45, 7) is 4.48. The van der Waals surface area contributed by atoms with Crippen LogP contribution in [0.5, 0.6) is 0 Å². The number of carbonyl (C=O) groups excluding carboxylic acids is 1.